The van der Waals surface area contributed by atoms with Crippen molar-refractivity contribution in [1.82, 2.24) is 24.7 Å². The summed E-state index contributed by atoms with van der Waals surface area (Å²) in [4.78, 5) is 12.0. The van der Waals surface area contributed by atoms with Crippen LogP contribution in [0.2, 0.25) is 0 Å². The molecule has 0 aliphatic rings. The number of hydrogen-bond acceptors (Lipinski definition) is 7. The SMILES string of the molecule is COc1ccc(F)cc1C(C)(C)CC(O)(CNc1nc(C)nc2c1cnn2-c1cccnc1F)C(F)(F)F. The summed E-state index contributed by atoms with van der Waals surface area (Å²) in [6.07, 6.45) is -3.36. The van der Waals surface area contributed by atoms with Crippen molar-refractivity contribution in [3.63, 3.8) is 0 Å². The summed E-state index contributed by atoms with van der Waals surface area (Å²) in [7, 11) is 1.32. The Bertz CT molecular complexity index is 1470. The quantitative estimate of drug-likeness (QED) is 0.245. The van der Waals surface area contributed by atoms with Gasteiger partial charge in [0, 0.05) is 11.8 Å². The van der Waals surface area contributed by atoms with Gasteiger partial charge in [0.15, 0.2) is 11.2 Å². The molecule has 0 fully saturated rings. The number of benzene rings is 1. The monoisotopic (exact) mass is 536 g/mol. The molecular formula is C25H25F5N6O2. The van der Waals surface area contributed by atoms with Crippen molar-refractivity contribution in [2.45, 2.75) is 44.4 Å². The predicted molar refractivity (Wildman–Crippen MR) is 129 cm³/mol. The summed E-state index contributed by atoms with van der Waals surface area (Å²) in [6.45, 7) is 3.44. The number of nitrogens with one attached hydrogen (secondary N) is 1. The van der Waals surface area contributed by atoms with Crippen LogP contribution >= 0.6 is 0 Å². The smallest absolute Gasteiger partial charge is 0.418 e. The van der Waals surface area contributed by atoms with E-state index >= 15 is 0 Å². The molecule has 1 aromatic carbocycles. The average Bonchev–Trinajstić information content (AvgIpc) is 3.25. The zero-order valence-electron chi connectivity index (χ0n) is 20.9. The highest BCUT2D eigenvalue weighted by molar-refractivity contribution is 5.87. The Labute approximate surface area is 214 Å². The summed E-state index contributed by atoms with van der Waals surface area (Å²) in [5, 5.41) is 17.8. The number of aromatic nitrogens is 5. The van der Waals surface area contributed by atoms with E-state index in [0.717, 1.165) is 16.8 Å². The lowest BCUT2D eigenvalue weighted by atomic mass is 9.74. The summed E-state index contributed by atoms with van der Waals surface area (Å²) in [5.41, 5.74) is -4.33. The number of halogens is 5. The van der Waals surface area contributed by atoms with Gasteiger partial charge < -0.3 is 15.2 Å². The number of fused-ring (bicyclic) bond motifs is 1. The lowest BCUT2D eigenvalue weighted by Gasteiger charge is -2.38. The number of rotatable bonds is 8. The molecular weight excluding hydrogens is 511 g/mol. The second kappa shape index (κ2) is 9.78. The maximum Gasteiger partial charge on any atom is 0.418 e. The molecule has 1 atom stereocenters. The van der Waals surface area contributed by atoms with Crippen LogP contribution in [0.15, 0.2) is 42.7 Å². The number of aliphatic hydroxyl groups is 1. The summed E-state index contributed by atoms with van der Waals surface area (Å²) < 4.78 is 77.5. The molecule has 38 heavy (non-hydrogen) atoms. The van der Waals surface area contributed by atoms with Crippen molar-refractivity contribution in [3.05, 3.63) is 65.9 Å². The molecule has 202 valence electrons. The first-order valence-electron chi connectivity index (χ1n) is 11.5. The summed E-state index contributed by atoms with van der Waals surface area (Å²) >= 11 is 0. The molecule has 1 unspecified atom stereocenters. The van der Waals surface area contributed by atoms with E-state index in [0.29, 0.717) is 0 Å². The topological polar surface area (TPSA) is 98.0 Å². The molecule has 0 aliphatic heterocycles. The number of hydrogen-bond donors (Lipinski definition) is 2. The highest BCUT2D eigenvalue weighted by Gasteiger charge is 2.56. The largest absolute Gasteiger partial charge is 0.496 e. The van der Waals surface area contributed by atoms with Crippen molar-refractivity contribution in [3.8, 4) is 11.4 Å². The number of nitrogens with zero attached hydrogens (tertiary/aromatic N) is 5. The Balaban J connectivity index is 1.69. The minimum atomic E-state index is -5.07. The van der Waals surface area contributed by atoms with Crippen LogP contribution in [0.4, 0.5) is 27.8 Å². The van der Waals surface area contributed by atoms with Gasteiger partial charge in [0.1, 0.15) is 28.9 Å². The molecule has 0 saturated carbocycles. The van der Waals surface area contributed by atoms with Gasteiger partial charge in [-0.1, -0.05) is 13.8 Å². The van der Waals surface area contributed by atoms with E-state index in [2.05, 4.69) is 25.4 Å². The number of anilines is 1. The zero-order valence-corrected chi connectivity index (χ0v) is 20.9. The Kier molecular flexibility index (Phi) is 6.99. The van der Waals surface area contributed by atoms with Gasteiger partial charge in [0.2, 0.25) is 5.95 Å². The van der Waals surface area contributed by atoms with Gasteiger partial charge in [-0.05, 0) is 49.1 Å². The van der Waals surface area contributed by atoms with Gasteiger partial charge in [-0.15, -0.1) is 0 Å². The number of aryl methyl sites for hydroxylation is 1. The maximum absolute atomic E-state index is 14.3. The van der Waals surface area contributed by atoms with E-state index < -0.39 is 41.9 Å². The lowest BCUT2D eigenvalue weighted by Crippen LogP contribution is -2.53. The highest BCUT2D eigenvalue weighted by Crippen LogP contribution is 2.44. The van der Waals surface area contributed by atoms with Crippen molar-refractivity contribution in [2.75, 3.05) is 19.0 Å². The number of alkyl halides is 3. The van der Waals surface area contributed by atoms with Crippen molar-refractivity contribution in [2.24, 2.45) is 0 Å². The molecule has 4 aromatic rings. The minimum absolute atomic E-state index is 0.0101. The molecule has 13 heteroatoms. The molecule has 0 aliphatic carbocycles. The molecule has 8 nitrogen and oxygen atoms in total. The van der Waals surface area contributed by atoms with Crippen molar-refractivity contribution < 1.29 is 31.8 Å². The van der Waals surface area contributed by atoms with E-state index in [1.807, 2.05) is 0 Å². The van der Waals surface area contributed by atoms with Crippen LogP contribution in [0.1, 0.15) is 31.7 Å². The Morgan fingerprint density at radius 1 is 1.11 bits per heavy atom. The van der Waals surface area contributed by atoms with Crippen LogP contribution in [0.5, 0.6) is 5.75 Å². The van der Waals surface area contributed by atoms with Crippen LogP contribution < -0.4 is 10.1 Å². The van der Waals surface area contributed by atoms with Gasteiger partial charge in [0.05, 0.1) is 25.2 Å². The third-order valence-corrected chi connectivity index (χ3v) is 6.21. The Morgan fingerprint density at radius 2 is 1.84 bits per heavy atom. The van der Waals surface area contributed by atoms with Crippen molar-refractivity contribution >= 4 is 16.9 Å². The van der Waals surface area contributed by atoms with Crippen molar-refractivity contribution in [1.29, 1.82) is 0 Å². The average molecular weight is 537 g/mol. The number of pyridine rings is 1. The zero-order chi connectivity index (χ0) is 27.9. The van der Waals surface area contributed by atoms with Crippen LogP contribution in [-0.2, 0) is 5.41 Å². The normalized spacial score (nSPS) is 13.9. The predicted octanol–water partition coefficient (Wildman–Crippen LogP) is 4.88. The second-order valence-corrected chi connectivity index (χ2v) is 9.51. The summed E-state index contributed by atoms with van der Waals surface area (Å²) in [5.74, 6) is -1.14. The molecule has 2 N–H and O–H groups in total. The Hall–Kier alpha value is -3.87. The fourth-order valence-electron chi connectivity index (χ4n) is 4.39. The van der Waals surface area contributed by atoms with E-state index in [1.54, 1.807) is 0 Å². The van der Waals surface area contributed by atoms with Gasteiger partial charge in [-0.25, -0.2) is 24.0 Å². The molecule has 0 radical (unpaired) electrons. The molecule has 0 spiro atoms. The third kappa shape index (κ3) is 5.10. The Morgan fingerprint density at radius 3 is 2.50 bits per heavy atom. The van der Waals surface area contributed by atoms with Gasteiger partial charge >= 0.3 is 6.18 Å². The fraction of sp³-hybridized carbons (Fsp3) is 0.360. The number of methoxy groups -OCH3 is 1. The van der Waals surface area contributed by atoms with Crippen LogP contribution in [0.25, 0.3) is 16.7 Å². The molecule has 4 rings (SSSR count). The maximum atomic E-state index is 14.3. The highest BCUT2D eigenvalue weighted by atomic mass is 19.4. The van der Waals surface area contributed by atoms with E-state index in [9.17, 15) is 27.1 Å². The van der Waals surface area contributed by atoms with Gasteiger partial charge in [0.25, 0.3) is 0 Å². The standard InChI is InChI=1S/C25H25F5N6O2/c1-14-34-21(16-11-33-36(22(16)35-14)18-6-5-9-31-20(18)27)32-13-24(37,25(28,29)30)12-23(2,3)17-10-15(26)7-8-19(17)38-4/h5-11,37H,12-13H2,1-4H3,(H,32,34,35). The van der Waals surface area contributed by atoms with Crippen LogP contribution in [0, 0.1) is 18.7 Å². The number of ether oxygens (including phenoxy) is 1. The first-order chi connectivity index (χ1) is 17.8. The first-order valence-corrected chi connectivity index (χ1v) is 11.5. The minimum Gasteiger partial charge on any atom is -0.496 e. The molecule has 0 saturated heterocycles. The third-order valence-electron chi connectivity index (χ3n) is 6.21. The van der Waals surface area contributed by atoms with E-state index in [4.69, 9.17) is 4.74 Å². The van der Waals surface area contributed by atoms with E-state index in [1.165, 1.54) is 58.5 Å². The van der Waals surface area contributed by atoms with Gasteiger partial charge in [-0.2, -0.15) is 22.7 Å². The second-order valence-electron chi connectivity index (χ2n) is 9.51. The molecule has 0 amide bonds. The summed E-state index contributed by atoms with van der Waals surface area (Å²) in [6, 6.07) is 6.46. The van der Waals surface area contributed by atoms with Crippen LogP contribution in [0.3, 0.4) is 0 Å². The van der Waals surface area contributed by atoms with E-state index in [-0.39, 0.29) is 39.7 Å². The molecule has 3 aromatic heterocycles. The van der Waals surface area contributed by atoms with Gasteiger partial charge in [-0.3, -0.25) is 0 Å². The molecule has 0 bridgehead atoms. The fourth-order valence-corrected chi connectivity index (χ4v) is 4.39. The first kappa shape index (κ1) is 27.2. The molecule has 3 heterocycles. The van der Waals surface area contributed by atoms with Crippen LogP contribution in [-0.4, -0.2) is 55.3 Å². The lowest BCUT2D eigenvalue weighted by molar-refractivity contribution is -0.260.